The van der Waals surface area contributed by atoms with E-state index < -0.39 is 0 Å². The third-order valence-electron chi connectivity index (χ3n) is 4.45. The summed E-state index contributed by atoms with van der Waals surface area (Å²) in [5.74, 6) is 1.07. The van der Waals surface area contributed by atoms with Gasteiger partial charge in [-0.3, -0.25) is 4.79 Å². The van der Waals surface area contributed by atoms with E-state index in [4.69, 9.17) is 4.74 Å². The van der Waals surface area contributed by atoms with E-state index in [1.54, 1.807) is 7.11 Å². The van der Waals surface area contributed by atoms with Crippen molar-refractivity contribution in [3.8, 4) is 5.75 Å². The summed E-state index contributed by atoms with van der Waals surface area (Å²) in [4.78, 5) is 12.1. The maximum atomic E-state index is 12.1. The highest BCUT2D eigenvalue weighted by atomic mass is 16.5. The topological polar surface area (TPSA) is 63.5 Å². The second-order valence-corrected chi connectivity index (χ2v) is 5.89. The molecule has 2 N–H and O–H groups in total. The summed E-state index contributed by atoms with van der Waals surface area (Å²) in [5, 5.41) is 13.4. The van der Waals surface area contributed by atoms with Crippen molar-refractivity contribution in [3.05, 3.63) is 30.5 Å². The van der Waals surface area contributed by atoms with Crippen molar-refractivity contribution in [3.63, 3.8) is 0 Å². The number of fused-ring (bicyclic) bond motifs is 1. The van der Waals surface area contributed by atoms with E-state index in [0.29, 0.717) is 13.0 Å². The zero-order chi connectivity index (χ0) is 16.8. The number of carbonyl (C=O) groups excluding carboxylic acids is 1. The molecule has 5 heteroatoms. The minimum absolute atomic E-state index is 0.0234. The molecule has 0 saturated heterocycles. The lowest BCUT2D eigenvalue weighted by atomic mass is 10.00. The van der Waals surface area contributed by atoms with E-state index >= 15 is 0 Å². The van der Waals surface area contributed by atoms with Crippen LogP contribution in [0.1, 0.15) is 26.7 Å². The largest absolute Gasteiger partial charge is 0.496 e. The van der Waals surface area contributed by atoms with Crippen LogP contribution in [0.3, 0.4) is 0 Å². The average molecular weight is 318 g/mol. The fourth-order valence-corrected chi connectivity index (χ4v) is 2.72. The molecule has 1 aromatic carbocycles. The van der Waals surface area contributed by atoms with Crippen LogP contribution in [0.25, 0.3) is 10.9 Å². The summed E-state index contributed by atoms with van der Waals surface area (Å²) in [6, 6.07) is 7.72. The Morgan fingerprint density at radius 1 is 1.39 bits per heavy atom. The Hall–Kier alpha value is -2.01. The lowest BCUT2D eigenvalue weighted by Gasteiger charge is -2.22. The number of nitrogens with zero attached hydrogens (tertiary/aromatic N) is 1. The van der Waals surface area contributed by atoms with Crippen LogP contribution in [0.5, 0.6) is 5.75 Å². The number of methoxy groups -OCH3 is 1. The molecular weight excluding hydrogens is 292 g/mol. The smallest absolute Gasteiger partial charge is 0.222 e. The highest BCUT2D eigenvalue weighted by Crippen LogP contribution is 2.26. The molecule has 0 bridgehead atoms. The highest BCUT2D eigenvalue weighted by molar-refractivity contribution is 5.86. The fraction of sp³-hybridized carbons (Fsp3) is 0.500. The summed E-state index contributed by atoms with van der Waals surface area (Å²) >= 11 is 0. The van der Waals surface area contributed by atoms with Crippen LogP contribution >= 0.6 is 0 Å². The van der Waals surface area contributed by atoms with Gasteiger partial charge in [-0.05, 0) is 24.1 Å². The van der Waals surface area contributed by atoms with Gasteiger partial charge in [0.2, 0.25) is 5.91 Å². The number of ether oxygens (including phenoxy) is 1. The predicted molar refractivity (Wildman–Crippen MR) is 91.6 cm³/mol. The van der Waals surface area contributed by atoms with Crippen LogP contribution in [0.2, 0.25) is 0 Å². The van der Waals surface area contributed by atoms with E-state index in [9.17, 15) is 9.90 Å². The molecule has 0 radical (unpaired) electrons. The minimum Gasteiger partial charge on any atom is -0.496 e. The zero-order valence-electron chi connectivity index (χ0n) is 14.1. The van der Waals surface area contributed by atoms with E-state index in [0.717, 1.165) is 23.1 Å². The number of nitrogens with one attached hydrogen (secondary N) is 1. The van der Waals surface area contributed by atoms with Gasteiger partial charge in [-0.25, -0.2) is 0 Å². The lowest BCUT2D eigenvalue weighted by Crippen LogP contribution is -2.42. The first-order chi connectivity index (χ1) is 11.1. The van der Waals surface area contributed by atoms with Gasteiger partial charge in [0.05, 0.1) is 25.3 Å². The van der Waals surface area contributed by atoms with Crippen LogP contribution in [-0.2, 0) is 11.3 Å². The van der Waals surface area contributed by atoms with Gasteiger partial charge in [0.25, 0.3) is 0 Å². The van der Waals surface area contributed by atoms with E-state index in [1.807, 2.05) is 37.4 Å². The number of aliphatic hydroxyl groups is 1. The summed E-state index contributed by atoms with van der Waals surface area (Å²) in [5.41, 5.74) is 1.05. The molecule has 1 aromatic heterocycles. The van der Waals surface area contributed by atoms with E-state index in [-0.39, 0.29) is 24.5 Å². The average Bonchev–Trinajstić information content (AvgIpc) is 3.00. The quantitative estimate of drug-likeness (QED) is 0.786. The number of amides is 1. The maximum Gasteiger partial charge on any atom is 0.222 e. The molecule has 0 saturated carbocycles. The van der Waals surface area contributed by atoms with Gasteiger partial charge >= 0.3 is 0 Å². The van der Waals surface area contributed by atoms with Crippen LogP contribution in [0.15, 0.2) is 30.5 Å². The van der Waals surface area contributed by atoms with Gasteiger partial charge < -0.3 is 19.7 Å². The molecule has 2 aromatic rings. The van der Waals surface area contributed by atoms with Crippen LogP contribution in [-0.4, -0.2) is 35.3 Å². The summed E-state index contributed by atoms with van der Waals surface area (Å²) in [6.07, 6.45) is 3.28. The highest BCUT2D eigenvalue weighted by Gasteiger charge is 2.17. The molecule has 2 rings (SSSR count). The first-order valence-corrected chi connectivity index (χ1v) is 8.12. The molecule has 5 nitrogen and oxygen atoms in total. The lowest BCUT2D eigenvalue weighted by molar-refractivity contribution is -0.122. The molecule has 0 aliphatic rings. The summed E-state index contributed by atoms with van der Waals surface area (Å²) < 4.78 is 7.40. The van der Waals surface area contributed by atoms with Gasteiger partial charge in [-0.2, -0.15) is 0 Å². The van der Waals surface area contributed by atoms with Gasteiger partial charge in [-0.1, -0.05) is 26.3 Å². The Balaban J connectivity index is 1.99. The van der Waals surface area contributed by atoms with Crippen LogP contribution in [0.4, 0.5) is 0 Å². The maximum absolute atomic E-state index is 12.1. The molecule has 0 unspecified atom stereocenters. The molecule has 23 heavy (non-hydrogen) atoms. The minimum atomic E-state index is -0.172. The fourth-order valence-electron chi connectivity index (χ4n) is 2.72. The number of hydrogen-bond donors (Lipinski definition) is 2. The molecule has 0 aliphatic heterocycles. The number of hydrogen-bond acceptors (Lipinski definition) is 3. The zero-order valence-corrected chi connectivity index (χ0v) is 14.1. The Bertz CT molecular complexity index is 651. The number of benzene rings is 1. The van der Waals surface area contributed by atoms with Crippen molar-refractivity contribution in [1.29, 1.82) is 0 Å². The number of aryl methyl sites for hydroxylation is 1. The first-order valence-electron chi connectivity index (χ1n) is 8.12. The van der Waals surface area contributed by atoms with Crippen molar-refractivity contribution in [2.45, 2.75) is 39.3 Å². The third kappa shape index (κ3) is 4.05. The van der Waals surface area contributed by atoms with Crippen LogP contribution in [0, 0.1) is 5.92 Å². The van der Waals surface area contributed by atoms with Crippen molar-refractivity contribution < 1.29 is 14.6 Å². The normalized spacial score (nSPS) is 13.7. The number of rotatable bonds is 8. The predicted octanol–water partition coefficient (Wildman–Crippen LogP) is 2.56. The molecule has 126 valence electrons. The molecular formula is C18H26N2O3. The van der Waals surface area contributed by atoms with Gasteiger partial charge in [0.1, 0.15) is 5.75 Å². The van der Waals surface area contributed by atoms with Crippen molar-refractivity contribution in [2.75, 3.05) is 13.7 Å². The molecule has 2 atom stereocenters. The van der Waals surface area contributed by atoms with Crippen molar-refractivity contribution in [2.24, 2.45) is 5.92 Å². The standard InChI is InChI=1S/C18H26N2O3/c1-4-13(2)15(12-21)19-18(22)9-11-20-10-8-14-16(20)6-5-7-17(14)23-3/h5-8,10,13,15,21H,4,9,11-12H2,1-3H3,(H,19,22)/t13-,15+/m1/s1. The molecule has 0 aliphatic carbocycles. The molecule has 0 spiro atoms. The van der Waals surface area contributed by atoms with Gasteiger partial charge in [0.15, 0.2) is 0 Å². The second-order valence-electron chi connectivity index (χ2n) is 5.89. The SMILES string of the molecule is CC[C@@H](C)[C@H](CO)NC(=O)CCn1ccc2c(OC)cccc21. The Morgan fingerprint density at radius 2 is 2.17 bits per heavy atom. The summed E-state index contributed by atoms with van der Waals surface area (Å²) in [7, 11) is 1.66. The molecule has 0 fully saturated rings. The molecule has 1 amide bonds. The van der Waals surface area contributed by atoms with E-state index in [1.165, 1.54) is 0 Å². The van der Waals surface area contributed by atoms with E-state index in [2.05, 4.69) is 16.8 Å². The van der Waals surface area contributed by atoms with Gasteiger partial charge in [0, 0.05) is 24.5 Å². The number of aromatic nitrogens is 1. The number of carbonyl (C=O) groups is 1. The van der Waals surface area contributed by atoms with Crippen molar-refractivity contribution in [1.82, 2.24) is 9.88 Å². The van der Waals surface area contributed by atoms with Crippen LogP contribution < -0.4 is 10.1 Å². The number of aliphatic hydroxyl groups excluding tert-OH is 1. The monoisotopic (exact) mass is 318 g/mol. The Labute approximate surface area is 137 Å². The summed E-state index contributed by atoms with van der Waals surface area (Å²) in [6.45, 7) is 4.66. The second kappa shape index (κ2) is 8.02. The first kappa shape index (κ1) is 17.3. The third-order valence-corrected chi connectivity index (χ3v) is 4.45. The Morgan fingerprint density at radius 3 is 2.83 bits per heavy atom. The van der Waals surface area contributed by atoms with Crippen molar-refractivity contribution >= 4 is 16.8 Å². The molecule has 1 heterocycles. The Kier molecular flexibility index (Phi) is 6.04. The van der Waals surface area contributed by atoms with Gasteiger partial charge in [-0.15, -0.1) is 0 Å².